The van der Waals surface area contributed by atoms with Crippen molar-refractivity contribution in [3.05, 3.63) is 0 Å². The Bertz CT molecular complexity index is 284. The van der Waals surface area contributed by atoms with Crippen LogP contribution < -0.4 is 5.73 Å². The van der Waals surface area contributed by atoms with Gasteiger partial charge in [-0.2, -0.15) is 13.2 Å². The second-order valence-electron chi connectivity index (χ2n) is 4.99. The Hall–Kier alpha value is -0.820. The highest BCUT2D eigenvalue weighted by molar-refractivity contribution is 5.76. The first-order chi connectivity index (χ1) is 8.85. The average Bonchev–Trinajstić information content (AvgIpc) is 2.34. The monoisotopic (exact) mass is 281 g/mol. The number of piperazine rings is 1. The molecule has 0 aromatic carbocycles. The Morgan fingerprint density at radius 1 is 1.26 bits per heavy atom. The summed E-state index contributed by atoms with van der Waals surface area (Å²) in [5.41, 5.74) is 5.55. The van der Waals surface area contributed by atoms with Gasteiger partial charge in [0.1, 0.15) is 0 Å². The standard InChI is InChI=1S/C12H22F3N3O/c1-2-10(8-16)7-11(19)18-5-3-17(4-6-18)9-12(13,14)15/h10H,2-9,16H2,1H3. The molecule has 1 amide bonds. The lowest BCUT2D eigenvalue weighted by Crippen LogP contribution is -2.51. The van der Waals surface area contributed by atoms with Crippen LogP contribution in [0.5, 0.6) is 0 Å². The van der Waals surface area contributed by atoms with Gasteiger partial charge in [0.05, 0.1) is 6.54 Å². The molecule has 1 saturated heterocycles. The summed E-state index contributed by atoms with van der Waals surface area (Å²) in [6, 6.07) is 0. The van der Waals surface area contributed by atoms with E-state index in [1.54, 1.807) is 4.90 Å². The summed E-state index contributed by atoms with van der Waals surface area (Å²) in [6.45, 7) is 2.86. The van der Waals surface area contributed by atoms with E-state index in [4.69, 9.17) is 5.73 Å². The lowest BCUT2D eigenvalue weighted by Gasteiger charge is -2.35. The van der Waals surface area contributed by atoms with Crippen LogP contribution in [0.2, 0.25) is 0 Å². The van der Waals surface area contributed by atoms with Crippen LogP contribution in [0.1, 0.15) is 19.8 Å². The summed E-state index contributed by atoms with van der Waals surface area (Å²) in [5, 5.41) is 0. The predicted molar refractivity (Wildman–Crippen MR) is 66.5 cm³/mol. The summed E-state index contributed by atoms with van der Waals surface area (Å²) in [5.74, 6) is 0.171. The quantitative estimate of drug-likeness (QED) is 0.820. The molecule has 0 radical (unpaired) electrons. The minimum Gasteiger partial charge on any atom is -0.340 e. The first-order valence-electron chi connectivity index (χ1n) is 6.62. The molecule has 0 aliphatic carbocycles. The number of nitrogens with two attached hydrogens (primary N) is 1. The second-order valence-corrected chi connectivity index (χ2v) is 4.99. The first-order valence-corrected chi connectivity index (χ1v) is 6.62. The Labute approximate surface area is 111 Å². The summed E-state index contributed by atoms with van der Waals surface area (Å²) in [6.07, 6.45) is -2.93. The third kappa shape index (κ3) is 5.78. The lowest BCUT2D eigenvalue weighted by molar-refractivity contribution is -0.152. The number of rotatable bonds is 5. The van der Waals surface area contributed by atoms with Crippen molar-refractivity contribution in [3.8, 4) is 0 Å². The molecule has 1 fully saturated rings. The Balaban J connectivity index is 2.35. The number of amides is 1. The van der Waals surface area contributed by atoms with E-state index in [-0.39, 0.29) is 24.9 Å². The van der Waals surface area contributed by atoms with Gasteiger partial charge < -0.3 is 10.6 Å². The van der Waals surface area contributed by atoms with Gasteiger partial charge in [-0.25, -0.2) is 0 Å². The summed E-state index contributed by atoms with van der Waals surface area (Å²) in [7, 11) is 0. The van der Waals surface area contributed by atoms with E-state index >= 15 is 0 Å². The number of alkyl halides is 3. The number of carbonyl (C=O) groups is 1. The maximum Gasteiger partial charge on any atom is 0.401 e. The molecule has 0 aromatic rings. The molecule has 19 heavy (non-hydrogen) atoms. The summed E-state index contributed by atoms with van der Waals surface area (Å²) < 4.78 is 36.7. The highest BCUT2D eigenvalue weighted by atomic mass is 19.4. The Kier molecular flexibility index (Phi) is 6.06. The fraction of sp³-hybridized carbons (Fsp3) is 0.917. The smallest absolute Gasteiger partial charge is 0.340 e. The van der Waals surface area contributed by atoms with Crippen LogP contribution in [-0.4, -0.2) is 61.2 Å². The van der Waals surface area contributed by atoms with Gasteiger partial charge in [-0.3, -0.25) is 9.69 Å². The summed E-state index contributed by atoms with van der Waals surface area (Å²) >= 11 is 0. The molecule has 0 saturated carbocycles. The zero-order chi connectivity index (χ0) is 14.5. The third-order valence-corrected chi connectivity index (χ3v) is 3.50. The largest absolute Gasteiger partial charge is 0.401 e. The number of halogens is 3. The van der Waals surface area contributed by atoms with Crippen molar-refractivity contribution in [2.24, 2.45) is 11.7 Å². The minimum absolute atomic E-state index is 0.00367. The first kappa shape index (κ1) is 16.2. The molecule has 0 bridgehead atoms. The van der Waals surface area contributed by atoms with E-state index < -0.39 is 12.7 Å². The number of nitrogens with zero attached hydrogens (tertiary/aromatic N) is 2. The fourth-order valence-corrected chi connectivity index (χ4v) is 2.18. The Morgan fingerprint density at radius 2 is 1.84 bits per heavy atom. The molecular formula is C12H22F3N3O. The maximum absolute atomic E-state index is 12.2. The molecule has 2 N–H and O–H groups in total. The molecule has 0 spiro atoms. The molecule has 1 rings (SSSR count). The van der Waals surface area contributed by atoms with Crippen molar-refractivity contribution in [2.75, 3.05) is 39.3 Å². The van der Waals surface area contributed by atoms with E-state index in [0.717, 1.165) is 6.42 Å². The van der Waals surface area contributed by atoms with Gasteiger partial charge >= 0.3 is 6.18 Å². The minimum atomic E-state index is -4.17. The lowest BCUT2D eigenvalue weighted by atomic mass is 10.0. The number of hydrogen-bond acceptors (Lipinski definition) is 3. The fourth-order valence-electron chi connectivity index (χ4n) is 2.18. The van der Waals surface area contributed by atoms with E-state index in [2.05, 4.69) is 0 Å². The van der Waals surface area contributed by atoms with E-state index in [9.17, 15) is 18.0 Å². The van der Waals surface area contributed by atoms with Gasteiger partial charge in [-0.1, -0.05) is 13.3 Å². The number of carbonyl (C=O) groups excluding carboxylic acids is 1. The van der Waals surface area contributed by atoms with Gasteiger partial charge in [-0.15, -0.1) is 0 Å². The van der Waals surface area contributed by atoms with Crippen molar-refractivity contribution in [2.45, 2.75) is 25.9 Å². The highest BCUT2D eigenvalue weighted by Crippen LogP contribution is 2.18. The van der Waals surface area contributed by atoms with E-state index in [0.29, 0.717) is 26.1 Å². The van der Waals surface area contributed by atoms with Crippen molar-refractivity contribution in [1.82, 2.24) is 9.80 Å². The maximum atomic E-state index is 12.2. The van der Waals surface area contributed by atoms with Gasteiger partial charge in [0.15, 0.2) is 0 Å². The molecular weight excluding hydrogens is 259 g/mol. The summed E-state index contributed by atoms with van der Waals surface area (Å²) in [4.78, 5) is 14.9. The molecule has 1 heterocycles. The van der Waals surface area contributed by atoms with E-state index in [1.165, 1.54) is 4.90 Å². The molecule has 7 heteroatoms. The second kappa shape index (κ2) is 7.09. The Morgan fingerprint density at radius 3 is 2.26 bits per heavy atom. The van der Waals surface area contributed by atoms with Crippen molar-refractivity contribution < 1.29 is 18.0 Å². The van der Waals surface area contributed by atoms with Crippen LogP contribution in [0.15, 0.2) is 0 Å². The normalized spacial score (nSPS) is 19.5. The average molecular weight is 281 g/mol. The van der Waals surface area contributed by atoms with Crippen molar-refractivity contribution in [3.63, 3.8) is 0 Å². The SMILES string of the molecule is CCC(CN)CC(=O)N1CCN(CC(F)(F)F)CC1. The van der Waals surface area contributed by atoms with Crippen LogP contribution in [0.25, 0.3) is 0 Å². The highest BCUT2D eigenvalue weighted by Gasteiger charge is 2.32. The van der Waals surface area contributed by atoms with Crippen molar-refractivity contribution in [1.29, 1.82) is 0 Å². The molecule has 1 aliphatic rings. The molecule has 4 nitrogen and oxygen atoms in total. The topological polar surface area (TPSA) is 49.6 Å². The molecule has 1 unspecified atom stereocenters. The van der Waals surface area contributed by atoms with Gasteiger partial charge in [0.2, 0.25) is 5.91 Å². The zero-order valence-electron chi connectivity index (χ0n) is 11.2. The van der Waals surface area contributed by atoms with Crippen LogP contribution >= 0.6 is 0 Å². The van der Waals surface area contributed by atoms with Gasteiger partial charge in [0.25, 0.3) is 0 Å². The van der Waals surface area contributed by atoms with Crippen LogP contribution in [0.4, 0.5) is 13.2 Å². The molecule has 1 aliphatic heterocycles. The van der Waals surface area contributed by atoms with Gasteiger partial charge in [0, 0.05) is 32.6 Å². The number of hydrogen-bond donors (Lipinski definition) is 1. The van der Waals surface area contributed by atoms with Gasteiger partial charge in [-0.05, 0) is 12.5 Å². The third-order valence-electron chi connectivity index (χ3n) is 3.50. The van der Waals surface area contributed by atoms with Crippen LogP contribution in [-0.2, 0) is 4.79 Å². The van der Waals surface area contributed by atoms with Crippen molar-refractivity contribution >= 4 is 5.91 Å². The molecule has 1 atom stereocenters. The molecule has 112 valence electrons. The molecule has 0 aromatic heterocycles. The van der Waals surface area contributed by atoms with Crippen LogP contribution in [0.3, 0.4) is 0 Å². The predicted octanol–water partition coefficient (Wildman–Crippen LogP) is 1.07. The van der Waals surface area contributed by atoms with E-state index in [1.807, 2.05) is 6.92 Å². The van der Waals surface area contributed by atoms with Crippen LogP contribution in [0, 0.1) is 5.92 Å². The zero-order valence-corrected chi connectivity index (χ0v) is 11.2.